The van der Waals surface area contributed by atoms with Gasteiger partial charge in [0.1, 0.15) is 18.0 Å². The summed E-state index contributed by atoms with van der Waals surface area (Å²) in [5.74, 6) is 2.13. The van der Waals surface area contributed by atoms with Crippen LogP contribution >= 0.6 is 0 Å². The fourth-order valence-corrected chi connectivity index (χ4v) is 2.61. The highest BCUT2D eigenvalue weighted by molar-refractivity contribution is 5.84. The number of hydrogen-bond donors (Lipinski definition) is 3. The lowest BCUT2D eigenvalue weighted by molar-refractivity contribution is -0.119. The van der Waals surface area contributed by atoms with Gasteiger partial charge in [0.05, 0.1) is 14.2 Å². The fourth-order valence-electron chi connectivity index (χ4n) is 2.61. The zero-order chi connectivity index (χ0) is 20.9. The van der Waals surface area contributed by atoms with Crippen LogP contribution in [-0.2, 0) is 17.8 Å². The maximum absolute atomic E-state index is 12.1. The smallest absolute Gasteiger partial charge is 0.242 e. The molecule has 0 saturated carbocycles. The minimum atomic E-state index is -0.131. The molecule has 3 N–H and O–H groups in total. The highest BCUT2D eigenvalue weighted by atomic mass is 16.5. The molecule has 0 bridgehead atoms. The molecule has 0 unspecified atom stereocenters. The van der Waals surface area contributed by atoms with Crippen molar-refractivity contribution in [1.82, 2.24) is 16.0 Å². The van der Waals surface area contributed by atoms with Gasteiger partial charge in [-0.25, -0.2) is 4.99 Å². The van der Waals surface area contributed by atoms with Crippen molar-refractivity contribution in [2.75, 3.05) is 33.9 Å². The number of carbonyl (C=O) groups is 1. The third-order valence-corrected chi connectivity index (χ3v) is 4.24. The lowest BCUT2D eigenvalue weighted by Crippen LogP contribution is -2.39. The average Bonchev–Trinajstić information content (AvgIpc) is 2.76. The van der Waals surface area contributed by atoms with Crippen LogP contribution in [-0.4, -0.2) is 45.7 Å². The third-order valence-electron chi connectivity index (χ3n) is 4.24. The number of ether oxygens (including phenoxy) is 2. The lowest BCUT2D eigenvalue weighted by atomic mass is 10.1. The summed E-state index contributed by atoms with van der Waals surface area (Å²) in [6.07, 6.45) is 0.845. The van der Waals surface area contributed by atoms with Gasteiger partial charge in [-0.3, -0.25) is 4.79 Å². The largest absolute Gasteiger partial charge is 0.497 e. The van der Waals surface area contributed by atoms with Crippen molar-refractivity contribution in [3.8, 4) is 11.5 Å². The van der Waals surface area contributed by atoms with Crippen LogP contribution in [0.5, 0.6) is 11.5 Å². The molecule has 0 fully saturated rings. The summed E-state index contributed by atoms with van der Waals surface area (Å²) in [5, 5.41) is 9.28. The maximum Gasteiger partial charge on any atom is 0.242 e. The molecule has 2 aromatic rings. The Labute approximate surface area is 172 Å². The van der Waals surface area contributed by atoms with Crippen molar-refractivity contribution in [3.05, 3.63) is 59.7 Å². The minimum Gasteiger partial charge on any atom is -0.497 e. The number of nitrogens with one attached hydrogen (secondary N) is 3. The molecule has 0 atom stereocenters. The highest BCUT2D eigenvalue weighted by Crippen LogP contribution is 2.11. The second-order valence-corrected chi connectivity index (χ2v) is 6.34. The molecule has 0 saturated heterocycles. The quantitative estimate of drug-likeness (QED) is 0.422. The van der Waals surface area contributed by atoms with Crippen LogP contribution in [0.4, 0.5) is 0 Å². The first-order valence-corrected chi connectivity index (χ1v) is 9.69. The maximum atomic E-state index is 12.1. The van der Waals surface area contributed by atoms with E-state index < -0.39 is 0 Å². The molecule has 1 amide bonds. The van der Waals surface area contributed by atoms with Crippen molar-refractivity contribution in [3.63, 3.8) is 0 Å². The molecule has 7 heteroatoms. The molecule has 7 nitrogen and oxygen atoms in total. The van der Waals surface area contributed by atoms with Gasteiger partial charge >= 0.3 is 0 Å². The Hall–Kier alpha value is -3.22. The molecule has 0 heterocycles. The summed E-state index contributed by atoms with van der Waals surface area (Å²) < 4.78 is 10.3. The number of guanidine groups is 1. The predicted octanol–water partition coefficient (Wildman–Crippen LogP) is 2.12. The summed E-state index contributed by atoms with van der Waals surface area (Å²) in [6.45, 7) is 3.95. The lowest BCUT2D eigenvalue weighted by Gasteiger charge is -2.11. The van der Waals surface area contributed by atoms with Gasteiger partial charge in [-0.05, 0) is 48.7 Å². The molecule has 29 heavy (non-hydrogen) atoms. The Balaban J connectivity index is 1.76. The van der Waals surface area contributed by atoms with E-state index in [-0.39, 0.29) is 12.5 Å². The van der Waals surface area contributed by atoms with Gasteiger partial charge in [0.15, 0.2) is 5.96 Å². The van der Waals surface area contributed by atoms with Gasteiger partial charge in [0, 0.05) is 19.6 Å². The average molecular weight is 399 g/mol. The SMILES string of the molecule is CCNC(=NCC(=O)NCc1ccc(OC)cc1)NCCc1ccc(OC)cc1. The number of benzene rings is 2. The first kappa shape index (κ1) is 22.1. The summed E-state index contributed by atoms with van der Waals surface area (Å²) in [4.78, 5) is 16.4. The molecule has 0 aliphatic carbocycles. The minimum absolute atomic E-state index is 0.0635. The fraction of sp³-hybridized carbons (Fsp3) is 0.364. The molecule has 0 spiro atoms. The molecule has 0 aliphatic heterocycles. The number of carbonyl (C=O) groups excluding carboxylic acids is 1. The van der Waals surface area contributed by atoms with E-state index in [9.17, 15) is 4.79 Å². The second-order valence-electron chi connectivity index (χ2n) is 6.34. The molecular weight excluding hydrogens is 368 g/mol. The molecule has 2 aromatic carbocycles. The molecular formula is C22H30N4O3. The first-order valence-electron chi connectivity index (χ1n) is 9.69. The van der Waals surface area contributed by atoms with E-state index in [1.165, 1.54) is 5.56 Å². The number of nitrogens with zero attached hydrogens (tertiary/aromatic N) is 1. The van der Waals surface area contributed by atoms with Gasteiger partial charge in [0.25, 0.3) is 0 Å². The number of rotatable bonds is 10. The topological polar surface area (TPSA) is 84.0 Å². The van der Waals surface area contributed by atoms with Crippen molar-refractivity contribution >= 4 is 11.9 Å². The molecule has 2 rings (SSSR count). The van der Waals surface area contributed by atoms with E-state index in [0.717, 1.165) is 30.0 Å². The van der Waals surface area contributed by atoms with Crippen LogP contribution in [0.25, 0.3) is 0 Å². The monoisotopic (exact) mass is 398 g/mol. The molecule has 0 radical (unpaired) electrons. The first-order chi connectivity index (χ1) is 14.1. The highest BCUT2D eigenvalue weighted by Gasteiger charge is 2.03. The number of amides is 1. The number of methoxy groups -OCH3 is 2. The van der Waals surface area contributed by atoms with Crippen molar-refractivity contribution in [2.24, 2.45) is 4.99 Å². The van der Waals surface area contributed by atoms with Gasteiger partial charge in [-0.2, -0.15) is 0 Å². The van der Waals surface area contributed by atoms with Crippen molar-refractivity contribution < 1.29 is 14.3 Å². The van der Waals surface area contributed by atoms with Crippen LogP contribution in [0, 0.1) is 0 Å². The third kappa shape index (κ3) is 8.13. The molecule has 156 valence electrons. The Morgan fingerprint density at radius 1 is 0.862 bits per heavy atom. The summed E-state index contributed by atoms with van der Waals surface area (Å²) >= 11 is 0. The number of aliphatic imine (C=N–C) groups is 1. The van der Waals surface area contributed by atoms with Crippen LogP contribution in [0.2, 0.25) is 0 Å². The Bertz CT molecular complexity index is 774. The predicted molar refractivity (Wildman–Crippen MR) is 116 cm³/mol. The van der Waals surface area contributed by atoms with E-state index in [4.69, 9.17) is 9.47 Å². The van der Waals surface area contributed by atoms with Gasteiger partial charge in [-0.15, -0.1) is 0 Å². The van der Waals surface area contributed by atoms with Crippen LogP contribution < -0.4 is 25.4 Å². The van der Waals surface area contributed by atoms with Crippen molar-refractivity contribution in [1.29, 1.82) is 0 Å². The molecule has 0 aliphatic rings. The normalized spacial score (nSPS) is 10.9. The van der Waals surface area contributed by atoms with Gasteiger partial charge < -0.3 is 25.4 Å². The summed E-state index contributed by atoms with van der Waals surface area (Å²) in [5.41, 5.74) is 2.21. The summed E-state index contributed by atoms with van der Waals surface area (Å²) in [6, 6.07) is 15.6. The Morgan fingerprint density at radius 2 is 1.45 bits per heavy atom. The van der Waals surface area contributed by atoms with E-state index in [0.29, 0.717) is 19.0 Å². The molecule has 0 aromatic heterocycles. The number of hydrogen-bond acceptors (Lipinski definition) is 4. The standard InChI is InChI=1S/C22H30N4O3/c1-4-23-22(24-14-13-17-5-9-19(28-2)10-6-17)26-16-21(27)25-15-18-7-11-20(29-3)12-8-18/h5-12H,4,13-16H2,1-3H3,(H,25,27)(H2,23,24,26). The van der Waals surface area contributed by atoms with E-state index >= 15 is 0 Å². The summed E-state index contributed by atoms with van der Waals surface area (Å²) in [7, 11) is 3.28. The Kier molecular flexibility index (Phi) is 9.35. The van der Waals surface area contributed by atoms with Crippen LogP contribution in [0.15, 0.2) is 53.5 Å². The van der Waals surface area contributed by atoms with Crippen LogP contribution in [0.3, 0.4) is 0 Å². The second kappa shape index (κ2) is 12.3. The zero-order valence-corrected chi connectivity index (χ0v) is 17.3. The van der Waals surface area contributed by atoms with Gasteiger partial charge in [0.2, 0.25) is 5.91 Å². The van der Waals surface area contributed by atoms with E-state index in [2.05, 4.69) is 20.9 Å². The van der Waals surface area contributed by atoms with Crippen LogP contribution in [0.1, 0.15) is 18.1 Å². The van der Waals surface area contributed by atoms with E-state index in [1.807, 2.05) is 55.5 Å². The Morgan fingerprint density at radius 3 is 2.00 bits per heavy atom. The van der Waals surface area contributed by atoms with Crippen molar-refractivity contribution in [2.45, 2.75) is 19.9 Å². The van der Waals surface area contributed by atoms with E-state index in [1.54, 1.807) is 14.2 Å². The zero-order valence-electron chi connectivity index (χ0n) is 17.3. The van der Waals surface area contributed by atoms with Gasteiger partial charge in [-0.1, -0.05) is 24.3 Å².